The van der Waals surface area contributed by atoms with Crippen LogP contribution in [-0.2, 0) is 6.61 Å². The molecular weight excluding hydrogens is 216 g/mol. The van der Waals surface area contributed by atoms with Crippen LogP contribution in [0.15, 0.2) is 18.2 Å². The Morgan fingerprint density at radius 1 is 1.12 bits per heavy atom. The van der Waals surface area contributed by atoms with Gasteiger partial charge in [0.25, 0.3) is 0 Å². The molecule has 0 fully saturated rings. The van der Waals surface area contributed by atoms with Crippen LogP contribution in [0.2, 0.25) is 0 Å². The molecule has 0 bridgehead atoms. The molecule has 0 spiro atoms. The Labute approximate surface area is 102 Å². The largest absolute Gasteiger partial charge is 0.508 e. The van der Waals surface area contributed by atoms with Crippen LogP contribution in [0.5, 0.6) is 11.5 Å². The van der Waals surface area contributed by atoms with Crippen LogP contribution in [0.3, 0.4) is 0 Å². The molecule has 17 heavy (non-hydrogen) atoms. The van der Waals surface area contributed by atoms with E-state index in [0.29, 0.717) is 11.1 Å². The van der Waals surface area contributed by atoms with Crippen molar-refractivity contribution in [2.24, 2.45) is 0 Å². The van der Waals surface area contributed by atoms with E-state index in [1.54, 1.807) is 6.08 Å². The molecule has 94 valence electrons. The van der Waals surface area contributed by atoms with Crippen LogP contribution in [0, 0.1) is 0 Å². The molecule has 0 unspecified atom stereocenters. The first-order chi connectivity index (χ1) is 8.20. The highest BCUT2D eigenvalue weighted by Crippen LogP contribution is 2.30. The third-order valence-electron chi connectivity index (χ3n) is 2.73. The number of hydrogen-bond donors (Lipinski definition) is 3. The first-order valence-corrected chi connectivity index (χ1v) is 6.02. The van der Waals surface area contributed by atoms with Gasteiger partial charge in [0.1, 0.15) is 11.5 Å². The number of phenols is 2. The number of aliphatic hydroxyl groups excluding tert-OH is 1. The molecule has 1 rings (SSSR count). The Morgan fingerprint density at radius 2 is 1.82 bits per heavy atom. The Kier molecular flexibility index (Phi) is 5.57. The average molecular weight is 236 g/mol. The maximum absolute atomic E-state index is 9.68. The number of allylic oxidation sites excluding steroid dienone is 1. The van der Waals surface area contributed by atoms with E-state index in [0.717, 1.165) is 12.8 Å². The molecule has 0 aliphatic carbocycles. The van der Waals surface area contributed by atoms with Crippen molar-refractivity contribution < 1.29 is 15.3 Å². The molecule has 0 saturated carbocycles. The van der Waals surface area contributed by atoms with E-state index in [2.05, 4.69) is 6.92 Å². The highest BCUT2D eigenvalue weighted by atomic mass is 16.3. The van der Waals surface area contributed by atoms with Crippen LogP contribution in [0.1, 0.15) is 43.7 Å². The lowest BCUT2D eigenvalue weighted by molar-refractivity contribution is 0.274. The smallest absolute Gasteiger partial charge is 0.123 e. The van der Waals surface area contributed by atoms with Gasteiger partial charge in [-0.3, -0.25) is 0 Å². The van der Waals surface area contributed by atoms with Crippen LogP contribution >= 0.6 is 0 Å². The van der Waals surface area contributed by atoms with Crippen LogP contribution in [0.25, 0.3) is 6.08 Å². The topological polar surface area (TPSA) is 60.7 Å². The van der Waals surface area contributed by atoms with Crippen molar-refractivity contribution in [2.45, 2.75) is 39.2 Å². The van der Waals surface area contributed by atoms with Gasteiger partial charge in [-0.25, -0.2) is 0 Å². The highest BCUT2D eigenvalue weighted by Gasteiger charge is 2.08. The lowest BCUT2D eigenvalue weighted by Crippen LogP contribution is -1.90. The summed E-state index contributed by atoms with van der Waals surface area (Å²) in [6.07, 6.45) is 8.13. The Balaban J connectivity index is 2.78. The molecule has 0 saturated heterocycles. The van der Waals surface area contributed by atoms with E-state index in [1.807, 2.05) is 6.08 Å². The minimum atomic E-state index is -0.283. The first-order valence-electron chi connectivity index (χ1n) is 6.02. The van der Waals surface area contributed by atoms with Gasteiger partial charge in [0.15, 0.2) is 0 Å². The maximum Gasteiger partial charge on any atom is 0.123 e. The summed E-state index contributed by atoms with van der Waals surface area (Å²) in [6.45, 7) is 1.86. The summed E-state index contributed by atoms with van der Waals surface area (Å²) in [6, 6.07) is 2.81. The van der Waals surface area contributed by atoms with Gasteiger partial charge in [0.2, 0.25) is 0 Å². The van der Waals surface area contributed by atoms with E-state index >= 15 is 0 Å². The first kappa shape index (κ1) is 13.6. The van der Waals surface area contributed by atoms with E-state index in [4.69, 9.17) is 5.11 Å². The van der Waals surface area contributed by atoms with Crippen molar-refractivity contribution in [1.82, 2.24) is 0 Å². The Hall–Kier alpha value is -1.48. The van der Waals surface area contributed by atoms with Crippen molar-refractivity contribution in [3.8, 4) is 11.5 Å². The summed E-state index contributed by atoms with van der Waals surface area (Å²) in [4.78, 5) is 0. The van der Waals surface area contributed by atoms with Crippen molar-refractivity contribution in [3.05, 3.63) is 29.3 Å². The van der Waals surface area contributed by atoms with Gasteiger partial charge in [-0.1, -0.05) is 31.9 Å². The van der Waals surface area contributed by atoms with Gasteiger partial charge in [-0.05, 0) is 25.0 Å². The second-order valence-corrected chi connectivity index (χ2v) is 4.05. The summed E-state index contributed by atoms with van der Waals surface area (Å²) in [5.74, 6) is 0.0945. The van der Waals surface area contributed by atoms with E-state index < -0.39 is 0 Å². The molecule has 3 heteroatoms. The molecule has 0 radical (unpaired) electrons. The molecule has 0 atom stereocenters. The van der Waals surface area contributed by atoms with Gasteiger partial charge < -0.3 is 15.3 Å². The molecule has 0 aliphatic rings. The highest BCUT2D eigenvalue weighted by molar-refractivity contribution is 5.64. The number of aliphatic hydroxyl groups is 1. The summed E-state index contributed by atoms with van der Waals surface area (Å²) < 4.78 is 0. The fourth-order valence-electron chi connectivity index (χ4n) is 1.71. The predicted molar refractivity (Wildman–Crippen MR) is 68.9 cm³/mol. The fourth-order valence-corrected chi connectivity index (χ4v) is 1.71. The zero-order chi connectivity index (χ0) is 12.7. The quantitative estimate of drug-likeness (QED) is 0.525. The number of aromatic hydroxyl groups is 2. The lowest BCUT2D eigenvalue weighted by atomic mass is 10.0. The molecule has 0 amide bonds. The normalized spacial score (nSPS) is 11.2. The third-order valence-corrected chi connectivity index (χ3v) is 2.73. The molecular formula is C14H20O3. The predicted octanol–water partition coefficient (Wildman–Crippen LogP) is 3.18. The second kappa shape index (κ2) is 6.97. The molecule has 0 heterocycles. The molecule has 1 aromatic carbocycles. The van der Waals surface area contributed by atoms with Crippen molar-refractivity contribution in [3.63, 3.8) is 0 Å². The monoisotopic (exact) mass is 236 g/mol. The van der Waals surface area contributed by atoms with Gasteiger partial charge in [0, 0.05) is 11.1 Å². The minimum Gasteiger partial charge on any atom is -0.508 e. The summed E-state index contributed by atoms with van der Waals surface area (Å²) in [5.41, 5.74) is 0.876. The van der Waals surface area contributed by atoms with Crippen molar-refractivity contribution in [1.29, 1.82) is 0 Å². The number of rotatable bonds is 6. The molecule has 3 N–H and O–H groups in total. The number of phenolic OH excluding ortho intramolecular Hbond substituents is 1. The lowest BCUT2D eigenvalue weighted by Gasteiger charge is -2.07. The van der Waals surface area contributed by atoms with Gasteiger partial charge in [-0.2, -0.15) is 0 Å². The van der Waals surface area contributed by atoms with Gasteiger partial charge in [-0.15, -0.1) is 0 Å². The summed E-state index contributed by atoms with van der Waals surface area (Å²) >= 11 is 0. The summed E-state index contributed by atoms with van der Waals surface area (Å²) in [7, 11) is 0. The second-order valence-electron chi connectivity index (χ2n) is 4.05. The number of hydrogen-bond acceptors (Lipinski definition) is 3. The third kappa shape index (κ3) is 3.79. The number of unbranched alkanes of at least 4 members (excludes halogenated alkanes) is 3. The molecule has 3 nitrogen and oxygen atoms in total. The Bertz CT molecular complexity index is 383. The van der Waals surface area contributed by atoms with Crippen molar-refractivity contribution in [2.75, 3.05) is 0 Å². The van der Waals surface area contributed by atoms with Crippen LogP contribution in [-0.4, -0.2) is 15.3 Å². The van der Waals surface area contributed by atoms with Crippen LogP contribution in [0.4, 0.5) is 0 Å². The zero-order valence-corrected chi connectivity index (χ0v) is 10.2. The van der Waals surface area contributed by atoms with E-state index in [1.165, 1.54) is 25.0 Å². The maximum atomic E-state index is 9.68. The number of benzene rings is 1. The molecule has 0 aromatic heterocycles. The molecule has 0 aliphatic heterocycles. The zero-order valence-electron chi connectivity index (χ0n) is 10.2. The SMILES string of the molecule is CCCCC/C=C/c1c(O)ccc(O)c1CO. The summed E-state index contributed by atoms with van der Waals surface area (Å²) in [5, 5.41) is 28.4. The standard InChI is InChI=1S/C14H20O3/c1-2-3-4-5-6-7-11-12(10-15)14(17)9-8-13(11)16/h6-9,15-17H,2-5,10H2,1H3/b7-6+. The van der Waals surface area contributed by atoms with Crippen LogP contribution < -0.4 is 0 Å². The average Bonchev–Trinajstić information content (AvgIpc) is 2.33. The van der Waals surface area contributed by atoms with Gasteiger partial charge in [0.05, 0.1) is 6.61 Å². The van der Waals surface area contributed by atoms with Crippen molar-refractivity contribution >= 4 is 6.08 Å². The van der Waals surface area contributed by atoms with E-state index in [9.17, 15) is 10.2 Å². The minimum absolute atomic E-state index is 0.0125. The van der Waals surface area contributed by atoms with Gasteiger partial charge >= 0.3 is 0 Å². The van der Waals surface area contributed by atoms with E-state index in [-0.39, 0.29) is 18.1 Å². The molecule has 1 aromatic rings. The Morgan fingerprint density at radius 3 is 2.47 bits per heavy atom. The fraction of sp³-hybridized carbons (Fsp3) is 0.429.